The van der Waals surface area contributed by atoms with E-state index in [9.17, 15) is 9.36 Å². The molecule has 2 aromatic rings. The van der Waals surface area contributed by atoms with Gasteiger partial charge in [0, 0.05) is 24.2 Å². The van der Waals surface area contributed by atoms with Crippen molar-refractivity contribution in [2.75, 3.05) is 26.3 Å². The van der Waals surface area contributed by atoms with Crippen molar-refractivity contribution in [1.82, 2.24) is 4.67 Å². The van der Waals surface area contributed by atoms with E-state index in [2.05, 4.69) is 0 Å². The normalized spacial score (nSPS) is 18.1. The van der Waals surface area contributed by atoms with Gasteiger partial charge in [-0.15, -0.1) is 0 Å². The van der Waals surface area contributed by atoms with Crippen LogP contribution >= 0.6 is 7.75 Å². The molecular formula is C25H30NO4P. The first-order valence-corrected chi connectivity index (χ1v) is 12.1. The molecular weight excluding hydrogens is 409 g/mol. The molecule has 1 aliphatic rings. The maximum atomic E-state index is 13.5. The Kier molecular flexibility index (Phi) is 7.79. The lowest BCUT2D eigenvalue weighted by atomic mass is 9.95. The van der Waals surface area contributed by atoms with Gasteiger partial charge in [0.25, 0.3) is 0 Å². The molecule has 0 aromatic heterocycles. The van der Waals surface area contributed by atoms with Crippen molar-refractivity contribution in [2.45, 2.75) is 27.7 Å². The van der Waals surface area contributed by atoms with E-state index < -0.39 is 7.75 Å². The van der Waals surface area contributed by atoms with E-state index in [1.165, 1.54) is 0 Å². The lowest BCUT2D eigenvalue weighted by Crippen LogP contribution is -2.36. The Hall–Kier alpha value is -2.30. The summed E-state index contributed by atoms with van der Waals surface area (Å²) in [7, 11) is -3.52. The number of nitrogens with zero attached hydrogens (tertiary/aromatic N) is 1. The van der Waals surface area contributed by atoms with Crippen molar-refractivity contribution < 1.29 is 18.4 Å². The van der Waals surface area contributed by atoms with Gasteiger partial charge in [-0.3, -0.25) is 13.8 Å². The Morgan fingerprint density at radius 2 is 1.19 bits per heavy atom. The van der Waals surface area contributed by atoms with Crippen LogP contribution in [0.25, 0.3) is 12.2 Å². The summed E-state index contributed by atoms with van der Waals surface area (Å²) in [5, 5.41) is 0. The van der Waals surface area contributed by atoms with Crippen molar-refractivity contribution in [3.05, 3.63) is 81.9 Å². The first kappa shape index (κ1) is 23.4. The van der Waals surface area contributed by atoms with E-state index in [1.807, 2.05) is 74.5 Å². The van der Waals surface area contributed by atoms with Crippen LogP contribution in [-0.2, 0) is 18.4 Å². The number of benzene rings is 2. The molecule has 0 radical (unpaired) electrons. The third kappa shape index (κ3) is 5.90. The van der Waals surface area contributed by atoms with Gasteiger partial charge in [0.15, 0.2) is 5.78 Å². The fourth-order valence-corrected chi connectivity index (χ4v) is 5.15. The number of carbonyl (C=O) groups excluding carboxylic acids is 1. The average Bonchev–Trinajstić information content (AvgIpc) is 2.74. The molecule has 0 bridgehead atoms. The Labute approximate surface area is 185 Å². The van der Waals surface area contributed by atoms with Crippen LogP contribution in [0.15, 0.2) is 59.7 Å². The molecule has 164 valence electrons. The molecule has 0 aliphatic carbocycles. The highest BCUT2D eigenvalue weighted by Crippen LogP contribution is 2.53. The van der Waals surface area contributed by atoms with Crippen LogP contribution in [0, 0.1) is 13.8 Å². The number of carbonyl (C=O) groups is 1. The zero-order valence-corrected chi connectivity index (χ0v) is 19.5. The maximum absolute atomic E-state index is 13.5. The summed E-state index contributed by atoms with van der Waals surface area (Å²) in [6.07, 6.45) is 3.72. The highest BCUT2D eigenvalue weighted by Gasteiger charge is 2.39. The van der Waals surface area contributed by atoms with Gasteiger partial charge in [0.2, 0.25) is 0 Å². The van der Waals surface area contributed by atoms with E-state index in [0.29, 0.717) is 11.1 Å². The second kappa shape index (κ2) is 10.3. The van der Waals surface area contributed by atoms with Gasteiger partial charge in [-0.2, -0.15) is 4.67 Å². The first-order chi connectivity index (χ1) is 14.8. The monoisotopic (exact) mass is 439 g/mol. The summed E-state index contributed by atoms with van der Waals surface area (Å²) in [5.74, 6) is -0.0445. The fraction of sp³-hybridized carbons (Fsp3) is 0.320. The van der Waals surface area contributed by atoms with E-state index >= 15 is 0 Å². The molecule has 3 rings (SSSR count). The summed E-state index contributed by atoms with van der Waals surface area (Å²) in [4.78, 5) is 13.3. The molecule has 6 heteroatoms. The average molecular weight is 439 g/mol. The first-order valence-electron chi connectivity index (χ1n) is 10.6. The molecule has 0 saturated carbocycles. The number of ketones is 1. The molecule has 2 aromatic carbocycles. The third-order valence-corrected chi connectivity index (χ3v) is 7.20. The largest absolute Gasteiger partial charge is 0.408 e. The molecule has 0 unspecified atom stereocenters. The number of hydrogen-bond acceptors (Lipinski definition) is 4. The highest BCUT2D eigenvalue weighted by atomic mass is 31.2. The number of hydrogen-bond donors (Lipinski definition) is 0. The zero-order chi connectivity index (χ0) is 22.4. The molecule has 0 atom stereocenters. The van der Waals surface area contributed by atoms with Gasteiger partial charge in [-0.25, -0.2) is 4.57 Å². The second-order valence-electron chi connectivity index (χ2n) is 7.62. The van der Waals surface area contributed by atoms with E-state index in [-0.39, 0.29) is 32.1 Å². The van der Waals surface area contributed by atoms with Crippen LogP contribution in [0.5, 0.6) is 0 Å². The predicted octanol–water partition coefficient (Wildman–Crippen LogP) is 5.84. The minimum absolute atomic E-state index is 0.0445. The van der Waals surface area contributed by atoms with Gasteiger partial charge in [-0.1, -0.05) is 59.7 Å². The maximum Gasteiger partial charge on any atom is 0.408 e. The molecule has 0 N–H and O–H groups in total. The van der Waals surface area contributed by atoms with Crippen molar-refractivity contribution in [2.24, 2.45) is 0 Å². The molecule has 1 aliphatic heterocycles. The summed E-state index contributed by atoms with van der Waals surface area (Å²) < 4.78 is 26.3. The van der Waals surface area contributed by atoms with Gasteiger partial charge in [0.05, 0.1) is 13.2 Å². The Morgan fingerprint density at radius 1 is 0.806 bits per heavy atom. The van der Waals surface area contributed by atoms with Crippen molar-refractivity contribution in [1.29, 1.82) is 0 Å². The quantitative estimate of drug-likeness (QED) is 0.401. The van der Waals surface area contributed by atoms with E-state index in [0.717, 1.165) is 22.3 Å². The molecule has 1 saturated heterocycles. The Balaban J connectivity index is 2.03. The van der Waals surface area contributed by atoms with Crippen LogP contribution < -0.4 is 0 Å². The number of rotatable bonds is 7. The topological polar surface area (TPSA) is 55.8 Å². The number of Topliss-reactive ketones (excluding diaryl/α,β-unsaturated/α-hetero) is 1. The van der Waals surface area contributed by atoms with Gasteiger partial charge >= 0.3 is 7.75 Å². The minimum atomic E-state index is -3.52. The third-order valence-electron chi connectivity index (χ3n) is 5.06. The molecule has 0 amide bonds. The standard InChI is InChI=1S/C25H30NO4P/c1-5-29-31(28,30-6-2)26-17-23(15-21-11-7-19(3)8-12-21)25(27)24(18-26)16-22-13-9-20(4)10-14-22/h7-16H,5-6,17-18H2,1-4H3/b23-15+,24-16+. The molecule has 31 heavy (non-hydrogen) atoms. The molecule has 5 nitrogen and oxygen atoms in total. The van der Waals surface area contributed by atoms with E-state index in [4.69, 9.17) is 9.05 Å². The van der Waals surface area contributed by atoms with Crippen molar-refractivity contribution in [3.8, 4) is 0 Å². The van der Waals surface area contributed by atoms with Gasteiger partial charge < -0.3 is 0 Å². The highest BCUT2D eigenvalue weighted by molar-refractivity contribution is 7.51. The fourth-order valence-electron chi connectivity index (χ4n) is 3.45. The Bertz CT molecular complexity index is 945. The molecule has 1 heterocycles. The SMILES string of the molecule is CCOP(=O)(OCC)N1C/C(=C\c2ccc(C)cc2)C(=O)/C(=C/c2ccc(C)cc2)C1. The summed E-state index contributed by atoms with van der Waals surface area (Å²) >= 11 is 0. The van der Waals surface area contributed by atoms with Crippen molar-refractivity contribution >= 4 is 25.7 Å². The predicted molar refractivity (Wildman–Crippen MR) is 126 cm³/mol. The summed E-state index contributed by atoms with van der Waals surface area (Å²) in [5.41, 5.74) is 5.27. The minimum Gasteiger partial charge on any atom is -0.297 e. The number of aryl methyl sites for hydroxylation is 2. The van der Waals surface area contributed by atoms with E-state index in [1.54, 1.807) is 18.5 Å². The Morgan fingerprint density at radius 3 is 1.55 bits per heavy atom. The van der Waals surface area contributed by atoms with Crippen LogP contribution in [0.4, 0.5) is 0 Å². The van der Waals surface area contributed by atoms with Crippen LogP contribution in [-0.4, -0.2) is 36.8 Å². The lowest BCUT2D eigenvalue weighted by Gasteiger charge is -2.34. The smallest absolute Gasteiger partial charge is 0.297 e. The van der Waals surface area contributed by atoms with Crippen LogP contribution in [0.1, 0.15) is 36.1 Å². The van der Waals surface area contributed by atoms with Crippen LogP contribution in [0.3, 0.4) is 0 Å². The second-order valence-corrected chi connectivity index (χ2v) is 9.64. The lowest BCUT2D eigenvalue weighted by molar-refractivity contribution is -0.113. The molecule has 1 fully saturated rings. The van der Waals surface area contributed by atoms with Crippen molar-refractivity contribution in [3.63, 3.8) is 0 Å². The van der Waals surface area contributed by atoms with Crippen LogP contribution in [0.2, 0.25) is 0 Å². The zero-order valence-electron chi connectivity index (χ0n) is 18.6. The number of piperidine rings is 1. The summed E-state index contributed by atoms with van der Waals surface area (Å²) in [6, 6.07) is 15.9. The summed E-state index contributed by atoms with van der Waals surface area (Å²) in [6.45, 7) is 8.54. The molecule has 0 spiro atoms. The van der Waals surface area contributed by atoms with Gasteiger partial charge in [-0.05, 0) is 51.0 Å². The van der Waals surface area contributed by atoms with Gasteiger partial charge in [0.1, 0.15) is 0 Å².